The molecule has 1 aromatic rings. The lowest BCUT2D eigenvalue weighted by Gasteiger charge is -2.25. The number of halogens is 1. The van der Waals surface area contributed by atoms with Gasteiger partial charge in [0.15, 0.2) is 15.8 Å². The summed E-state index contributed by atoms with van der Waals surface area (Å²) in [6.07, 6.45) is 5.55. The van der Waals surface area contributed by atoms with E-state index in [-0.39, 0.29) is 35.1 Å². The molecule has 1 atom stereocenters. The zero-order valence-corrected chi connectivity index (χ0v) is 21.6. The van der Waals surface area contributed by atoms with Crippen molar-refractivity contribution >= 4 is 39.8 Å². The molecule has 2 aliphatic rings. The summed E-state index contributed by atoms with van der Waals surface area (Å²) in [5.74, 6) is 0.840. The Morgan fingerprint density at radius 1 is 1.17 bits per heavy atom. The molecular formula is C22H35IN4O2S. The predicted molar refractivity (Wildman–Crippen MR) is 135 cm³/mol. The second-order valence-corrected chi connectivity index (χ2v) is 11.0. The van der Waals surface area contributed by atoms with E-state index in [1.54, 1.807) is 19.2 Å². The number of rotatable bonds is 5. The van der Waals surface area contributed by atoms with Crippen LogP contribution in [0.3, 0.4) is 0 Å². The molecule has 1 fully saturated rings. The van der Waals surface area contributed by atoms with Crippen LogP contribution < -0.4 is 5.32 Å². The van der Waals surface area contributed by atoms with Gasteiger partial charge in [-0.2, -0.15) is 0 Å². The Labute approximate surface area is 198 Å². The van der Waals surface area contributed by atoms with Gasteiger partial charge in [0.1, 0.15) is 0 Å². The molecular weight excluding hydrogens is 511 g/mol. The van der Waals surface area contributed by atoms with Crippen molar-refractivity contribution in [2.24, 2.45) is 4.99 Å². The van der Waals surface area contributed by atoms with Gasteiger partial charge in [-0.05, 0) is 29.5 Å². The monoisotopic (exact) mass is 546 g/mol. The van der Waals surface area contributed by atoms with Crippen molar-refractivity contribution in [3.8, 4) is 0 Å². The first-order valence-corrected chi connectivity index (χ1v) is 12.0. The Morgan fingerprint density at radius 2 is 1.80 bits per heavy atom. The molecule has 0 amide bonds. The fourth-order valence-corrected chi connectivity index (χ4v) is 5.09. The quantitative estimate of drug-likeness (QED) is 0.267. The van der Waals surface area contributed by atoms with Gasteiger partial charge in [0.25, 0.3) is 0 Å². The number of likely N-dealkylation sites (tertiary alicyclic amines) is 1. The predicted octanol–water partition coefficient (Wildman–Crippen LogP) is 2.90. The summed E-state index contributed by atoms with van der Waals surface area (Å²) in [5.41, 5.74) is 1.14. The number of benzene rings is 1. The minimum Gasteiger partial charge on any atom is -0.355 e. The van der Waals surface area contributed by atoms with E-state index in [2.05, 4.69) is 53.0 Å². The summed E-state index contributed by atoms with van der Waals surface area (Å²) in [5, 5.41) is 3.25. The van der Waals surface area contributed by atoms with Gasteiger partial charge < -0.3 is 10.2 Å². The normalized spacial score (nSPS) is 20.5. The summed E-state index contributed by atoms with van der Waals surface area (Å²) < 4.78 is 25.4. The van der Waals surface area contributed by atoms with Gasteiger partial charge >= 0.3 is 0 Å². The number of sulfone groups is 1. The molecule has 2 heterocycles. The van der Waals surface area contributed by atoms with Gasteiger partial charge in [0, 0.05) is 45.8 Å². The lowest BCUT2D eigenvalue weighted by Crippen LogP contribution is -2.44. The lowest BCUT2D eigenvalue weighted by molar-refractivity contribution is 0.259. The van der Waals surface area contributed by atoms with Gasteiger partial charge in [-0.25, -0.2) is 8.42 Å². The molecule has 0 radical (unpaired) electrons. The third kappa shape index (κ3) is 6.20. The number of nitrogens with zero attached hydrogens (tertiary/aromatic N) is 3. The summed E-state index contributed by atoms with van der Waals surface area (Å²) in [4.78, 5) is 9.45. The SMILES string of the molecule is CN=C(NCCS(=O)(=O)c1ccc(C(C)(C)C)cc1)N1CCC(N2CC=CC2)C1.I. The van der Waals surface area contributed by atoms with E-state index in [0.717, 1.165) is 44.1 Å². The highest BCUT2D eigenvalue weighted by Crippen LogP contribution is 2.23. The summed E-state index contributed by atoms with van der Waals surface area (Å²) in [6, 6.07) is 7.81. The highest BCUT2D eigenvalue weighted by molar-refractivity contribution is 14.0. The van der Waals surface area contributed by atoms with Crippen molar-refractivity contribution < 1.29 is 8.42 Å². The average molecular weight is 547 g/mol. The van der Waals surface area contributed by atoms with Crippen molar-refractivity contribution in [2.45, 2.75) is 43.5 Å². The standard InChI is InChI=1S/C22H34N4O2S.HI/c1-22(2,3)18-7-9-20(10-8-18)29(27,28)16-12-24-21(23-4)26-15-11-19(17-26)25-13-5-6-14-25;/h5-10,19H,11-17H2,1-4H3,(H,23,24);1H. The second kappa shape index (κ2) is 10.5. The molecule has 30 heavy (non-hydrogen) atoms. The van der Waals surface area contributed by atoms with Crippen LogP contribution in [0.1, 0.15) is 32.8 Å². The first-order chi connectivity index (χ1) is 13.7. The Balaban J connectivity index is 0.00000320. The van der Waals surface area contributed by atoms with Gasteiger partial charge in [0.05, 0.1) is 10.6 Å². The van der Waals surface area contributed by atoms with Crippen LogP contribution in [0.4, 0.5) is 0 Å². The van der Waals surface area contributed by atoms with E-state index in [1.165, 1.54) is 0 Å². The van der Waals surface area contributed by atoms with Crippen LogP contribution in [0, 0.1) is 0 Å². The van der Waals surface area contributed by atoms with Crippen LogP contribution in [0.2, 0.25) is 0 Å². The van der Waals surface area contributed by atoms with Crippen LogP contribution in [0.25, 0.3) is 0 Å². The van der Waals surface area contributed by atoms with Crippen molar-refractivity contribution in [1.29, 1.82) is 0 Å². The van der Waals surface area contributed by atoms with Crippen LogP contribution in [0.5, 0.6) is 0 Å². The zero-order valence-electron chi connectivity index (χ0n) is 18.5. The fourth-order valence-electron chi connectivity index (χ4n) is 3.93. The molecule has 8 heteroatoms. The van der Waals surface area contributed by atoms with E-state index in [4.69, 9.17) is 0 Å². The maximum absolute atomic E-state index is 12.7. The van der Waals surface area contributed by atoms with E-state index in [9.17, 15) is 8.42 Å². The number of nitrogens with one attached hydrogen (secondary N) is 1. The molecule has 1 saturated heterocycles. The van der Waals surface area contributed by atoms with E-state index < -0.39 is 9.84 Å². The molecule has 1 aromatic carbocycles. The molecule has 1 N–H and O–H groups in total. The van der Waals surface area contributed by atoms with Crippen molar-refractivity contribution in [3.63, 3.8) is 0 Å². The summed E-state index contributed by atoms with van der Waals surface area (Å²) in [7, 11) is -1.57. The first-order valence-electron chi connectivity index (χ1n) is 10.4. The van der Waals surface area contributed by atoms with Gasteiger partial charge in [-0.15, -0.1) is 24.0 Å². The van der Waals surface area contributed by atoms with Gasteiger partial charge in [-0.3, -0.25) is 9.89 Å². The Kier molecular flexibility index (Phi) is 8.76. The third-order valence-electron chi connectivity index (χ3n) is 5.77. The Morgan fingerprint density at radius 3 is 2.37 bits per heavy atom. The van der Waals surface area contributed by atoms with Crippen molar-refractivity contribution in [2.75, 3.05) is 45.5 Å². The molecule has 0 aliphatic carbocycles. The summed E-state index contributed by atoms with van der Waals surface area (Å²) >= 11 is 0. The van der Waals surface area contributed by atoms with Gasteiger partial charge in [0.2, 0.25) is 0 Å². The first kappa shape index (κ1) is 25.1. The van der Waals surface area contributed by atoms with E-state index in [0.29, 0.717) is 17.5 Å². The molecule has 0 saturated carbocycles. The molecule has 0 bridgehead atoms. The minimum atomic E-state index is -3.33. The van der Waals surface area contributed by atoms with Crippen LogP contribution in [-0.4, -0.2) is 75.7 Å². The molecule has 1 unspecified atom stereocenters. The highest BCUT2D eigenvalue weighted by atomic mass is 127. The van der Waals surface area contributed by atoms with Crippen LogP contribution in [0.15, 0.2) is 46.3 Å². The van der Waals surface area contributed by atoms with Gasteiger partial charge in [-0.1, -0.05) is 45.1 Å². The Hall–Kier alpha value is -1.13. The Bertz CT molecular complexity index is 852. The number of hydrogen-bond donors (Lipinski definition) is 1. The smallest absolute Gasteiger partial charge is 0.193 e. The molecule has 6 nitrogen and oxygen atoms in total. The highest BCUT2D eigenvalue weighted by Gasteiger charge is 2.29. The van der Waals surface area contributed by atoms with E-state index in [1.807, 2.05) is 12.1 Å². The zero-order chi connectivity index (χ0) is 21.1. The van der Waals surface area contributed by atoms with Crippen LogP contribution in [-0.2, 0) is 15.3 Å². The third-order valence-corrected chi connectivity index (χ3v) is 7.50. The second-order valence-electron chi connectivity index (χ2n) is 8.88. The fraction of sp³-hybridized carbons (Fsp3) is 0.591. The number of guanidine groups is 1. The molecule has 3 rings (SSSR count). The topological polar surface area (TPSA) is 65.0 Å². The van der Waals surface area contributed by atoms with E-state index >= 15 is 0 Å². The minimum absolute atomic E-state index is 0. The van der Waals surface area contributed by atoms with Crippen molar-refractivity contribution in [3.05, 3.63) is 42.0 Å². The molecule has 168 valence electrons. The lowest BCUT2D eigenvalue weighted by atomic mass is 9.87. The summed E-state index contributed by atoms with van der Waals surface area (Å²) in [6.45, 7) is 10.6. The maximum Gasteiger partial charge on any atom is 0.193 e. The molecule has 0 aromatic heterocycles. The van der Waals surface area contributed by atoms with Crippen molar-refractivity contribution in [1.82, 2.24) is 15.1 Å². The average Bonchev–Trinajstić information content (AvgIpc) is 3.36. The number of aliphatic imine (C=N–C) groups is 1. The maximum atomic E-state index is 12.7. The number of hydrogen-bond acceptors (Lipinski definition) is 4. The van der Waals surface area contributed by atoms with Crippen LogP contribution >= 0.6 is 24.0 Å². The largest absolute Gasteiger partial charge is 0.355 e. The molecule has 2 aliphatic heterocycles. The molecule has 0 spiro atoms.